The largest absolute Gasteiger partial charge is 0.369 e. The number of anilines is 3. The van der Waals surface area contributed by atoms with E-state index in [9.17, 15) is 10.1 Å². The van der Waals surface area contributed by atoms with Gasteiger partial charge in [-0.25, -0.2) is 4.98 Å². The lowest BCUT2D eigenvalue weighted by Gasteiger charge is -2.29. The van der Waals surface area contributed by atoms with Crippen molar-refractivity contribution in [1.82, 2.24) is 19.9 Å². The molecule has 1 aliphatic heterocycles. The van der Waals surface area contributed by atoms with E-state index in [1.807, 2.05) is 30.3 Å². The highest BCUT2D eigenvalue weighted by molar-refractivity contribution is 5.78. The number of nitrogens with one attached hydrogen (secondary N) is 2. The van der Waals surface area contributed by atoms with Crippen molar-refractivity contribution in [3.05, 3.63) is 87.8 Å². The number of piperazine rings is 1. The number of aryl methyl sites for hydroxylation is 1. The Kier molecular flexibility index (Phi) is 5.39. The van der Waals surface area contributed by atoms with Crippen molar-refractivity contribution in [1.29, 1.82) is 5.26 Å². The lowest BCUT2D eigenvalue weighted by atomic mass is 10.1. The van der Waals surface area contributed by atoms with E-state index in [0.29, 0.717) is 17.0 Å². The van der Waals surface area contributed by atoms with Gasteiger partial charge in [-0.2, -0.15) is 10.2 Å². The summed E-state index contributed by atoms with van der Waals surface area (Å²) < 4.78 is 1.68. The van der Waals surface area contributed by atoms with Gasteiger partial charge >= 0.3 is 0 Å². The number of nitrogens with zero attached hydrogens (tertiary/aromatic N) is 5. The highest BCUT2D eigenvalue weighted by Crippen LogP contribution is 2.35. The Bertz CT molecular complexity index is 1500. The van der Waals surface area contributed by atoms with Crippen LogP contribution in [0.4, 0.5) is 17.3 Å². The van der Waals surface area contributed by atoms with E-state index in [2.05, 4.69) is 44.8 Å². The lowest BCUT2D eigenvalue weighted by Crippen LogP contribution is -2.43. The molecule has 4 aromatic rings. The molecule has 1 aliphatic carbocycles. The minimum absolute atomic E-state index is 0.106. The average Bonchev–Trinajstić information content (AvgIpc) is 3.33. The molecule has 1 saturated heterocycles. The maximum absolute atomic E-state index is 13.3. The maximum Gasteiger partial charge on any atom is 0.270 e. The van der Waals surface area contributed by atoms with Crippen LogP contribution in [0.2, 0.25) is 0 Å². The van der Waals surface area contributed by atoms with Crippen LogP contribution >= 0.6 is 0 Å². The summed E-state index contributed by atoms with van der Waals surface area (Å²) in [6, 6.07) is 19.9. The molecule has 2 aromatic heterocycles. The van der Waals surface area contributed by atoms with Gasteiger partial charge in [-0.1, -0.05) is 24.3 Å². The normalized spacial score (nSPS) is 17.2. The summed E-state index contributed by atoms with van der Waals surface area (Å²) >= 11 is 0. The summed E-state index contributed by atoms with van der Waals surface area (Å²) in [5.74, 6) is 0.413. The first-order chi connectivity index (χ1) is 17.2. The van der Waals surface area contributed by atoms with Crippen LogP contribution in [0.15, 0.2) is 65.6 Å². The van der Waals surface area contributed by atoms with Crippen LogP contribution < -0.4 is 21.1 Å². The van der Waals surface area contributed by atoms with Gasteiger partial charge in [-0.3, -0.25) is 9.36 Å². The molecular weight excluding hydrogens is 438 g/mol. The number of benzene rings is 2. The van der Waals surface area contributed by atoms with Gasteiger partial charge in [0.15, 0.2) is 0 Å². The van der Waals surface area contributed by atoms with Gasteiger partial charge in [0.25, 0.3) is 5.56 Å². The smallest absolute Gasteiger partial charge is 0.270 e. The predicted molar refractivity (Wildman–Crippen MR) is 136 cm³/mol. The Morgan fingerprint density at radius 1 is 1.09 bits per heavy atom. The highest BCUT2D eigenvalue weighted by atomic mass is 16.1. The van der Waals surface area contributed by atoms with Gasteiger partial charge in [0.2, 0.25) is 5.95 Å². The summed E-state index contributed by atoms with van der Waals surface area (Å²) in [7, 11) is 0. The third-order valence-corrected chi connectivity index (χ3v) is 6.91. The lowest BCUT2D eigenvalue weighted by molar-refractivity contribution is 0.575. The molecule has 6 rings (SSSR count). The molecule has 35 heavy (non-hydrogen) atoms. The average molecular weight is 464 g/mol. The van der Waals surface area contributed by atoms with E-state index < -0.39 is 0 Å². The van der Waals surface area contributed by atoms with E-state index in [1.165, 1.54) is 11.3 Å². The summed E-state index contributed by atoms with van der Waals surface area (Å²) in [5.41, 5.74) is 4.73. The summed E-state index contributed by atoms with van der Waals surface area (Å²) in [6.07, 6.45) is 3.36. The van der Waals surface area contributed by atoms with Crippen LogP contribution in [0.3, 0.4) is 0 Å². The van der Waals surface area contributed by atoms with Crippen LogP contribution in [-0.2, 0) is 6.42 Å². The molecule has 174 valence electrons. The molecule has 8 heteroatoms. The summed E-state index contributed by atoms with van der Waals surface area (Å²) in [6.45, 7) is 3.97. The second-order valence-corrected chi connectivity index (χ2v) is 8.98. The minimum Gasteiger partial charge on any atom is -0.369 e. The standard InChI is InChI=1S/C27H25N7O/c28-16-19-15-20-17-30-27(31-21-6-8-22(9-7-21)33-13-11-29-12-14-33)32-25(20)34(26(19)35)24-10-5-18-3-1-2-4-23(18)24/h1-4,6-9,15,17,24,29H,5,10-14H2,(H,30,31,32). The third-order valence-electron chi connectivity index (χ3n) is 6.91. The molecule has 2 aliphatic rings. The molecule has 0 spiro atoms. The second-order valence-electron chi connectivity index (χ2n) is 8.98. The van der Waals surface area contributed by atoms with E-state index >= 15 is 0 Å². The highest BCUT2D eigenvalue weighted by Gasteiger charge is 2.27. The van der Waals surface area contributed by atoms with Gasteiger partial charge in [-0.15, -0.1) is 0 Å². The molecule has 0 amide bonds. The zero-order chi connectivity index (χ0) is 23.8. The minimum atomic E-state index is -0.313. The Balaban J connectivity index is 1.37. The molecule has 1 unspecified atom stereocenters. The Morgan fingerprint density at radius 2 is 1.89 bits per heavy atom. The van der Waals surface area contributed by atoms with Crippen LogP contribution in [0.1, 0.15) is 29.2 Å². The Morgan fingerprint density at radius 3 is 2.69 bits per heavy atom. The van der Waals surface area contributed by atoms with Crippen molar-refractivity contribution in [2.75, 3.05) is 36.4 Å². The summed E-state index contributed by atoms with van der Waals surface area (Å²) in [4.78, 5) is 24.9. The van der Waals surface area contributed by atoms with Crippen LogP contribution in [0.5, 0.6) is 0 Å². The van der Waals surface area contributed by atoms with Crippen molar-refractivity contribution in [2.45, 2.75) is 18.9 Å². The monoisotopic (exact) mass is 463 g/mol. The molecule has 2 aromatic carbocycles. The van der Waals surface area contributed by atoms with Crippen molar-refractivity contribution < 1.29 is 0 Å². The van der Waals surface area contributed by atoms with Gasteiger partial charge in [0, 0.05) is 49.1 Å². The number of rotatable bonds is 4. The van der Waals surface area contributed by atoms with E-state index in [1.54, 1.807) is 16.8 Å². The number of hydrogen-bond acceptors (Lipinski definition) is 7. The summed E-state index contributed by atoms with van der Waals surface area (Å²) in [5, 5.41) is 16.9. The molecule has 2 N–H and O–H groups in total. The van der Waals surface area contributed by atoms with Crippen molar-refractivity contribution in [2.24, 2.45) is 0 Å². The van der Waals surface area contributed by atoms with E-state index in [-0.39, 0.29) is 17.2 Å². The first-order valence-electron chi connectivity index (χ1n) is 11.9. The zero-order valence-corrected chi connectivity index (χ0v) is 19.2. The molecule has 1 fully saturated rings. The van der Waals surface area contributed by atoms with Gasteiger partial charge in [-0.05, 0) is 54.3 Å². The van der Waals surface area contributed by atoms with Gasteiger partial charge in [0.1, 0.15) is 17.3 Å². The van der Waals surface area contributed by atoms with E-state index in [0.717, 1.165) is 50.3 Å². The number of nitriles is 1. The molecule has 0 radical (unpaired) electrons. The fraction of sp³-hybridized carbons (Fsp3) is 0.259. The van der Waals surface area contributed by atoms with Gasteiger partial charge in [0.05, 0.1) is 6.04 Å². The van der Waals surface area contributed by atoms with Gasteiger partial charge < -0.3 is 15.5 Å². The first kappa shape index (κ1) is 21.3. The number of fused-ring (bicyclic) bond motifs is 2. The van der Waals surface area contributed by atoms with Crippen molar-refractivity contribution in [3.63, 3.8) is 0 Å². The molecule has 1 atom stereocenters. The quantitative estimate of drug-likeness (QED) is 0.479. The van der Waals surface area contributed by atoms with E-state index in [4.69, 9.17) is 4.98 Å². The first-order valence-corrected chi connectivity index (χ1v) is 11.9. The number of hydrogen-bond donors (Lipinski definition) is 2. The maximum atomic E-state index is 13.3. The zero-order valence-electron chi connectivity index (χ0n) is 19.2. The SMILES string of the molecule is N#Cc1cc2cnc(Nc3ccc(N4CCNCC4)cc3)nc2n(C2CCc3ccccc32)c1=O. The second kappa shape index (κ2) is 8.85. The van der Waals surface area contributed by atoms with Crippen LogP contribution in [0.25, 0.3) is 11.0 Å². The fourth-order valence-corrected chi connectivity index (χ4v) is 5.16. The third kappa shape index (κ3) is 3.90. The van der Waals surface area contributed by atoms with Crippen molar-refractivity contribution in [3.8, 4) is 6.07 Å². The molecule has 0 saturated carbocycles. The van der Waals surface area contributed by atoms with Crippen LogP contribution in [-0.4, -0.2) is 40.7 Å². The number of aromatic nitrogens is 3. The Hall–Kier alpha value is -4.22. The van der Waals surface area contributed by atoms with Crippen LogP contribution in [0, 0.1) is 11.3 Å². The molecule has 3 heterocycles. The number of pyridine rings is 1. The predicted octanol–water partition coefficient (Wildman–Crippen LogP) is 3.35. The Labute approximate surface area is 202 Å². The molecule has 0 bridgehead atoms. The molecule has 8 nitrogen and oxygen atoms in total. The molecular formula is C27H25N7O. The topological polar surface area (TPSA) is 98.9 Å². The van der Waals surface area contributed by atoms with Crippen molar-refractivity contribution >= 4 is 28.4 Å². The fourth-order valence-electron chi connectivity index (χ4n) is 5.16.